The number of nitrogens with zero attached hydrogens (tertiary/aromatic N) is 2. The number of sulfonamides is 1. The Morgan fingerprint density at radius 1 is 1.35 bits per heavy atom. The monoisotopic (exact) mass is 463 g/mol. The number of rotatable bonds is 9. The molecule has 1 saturated carbocycles. The third kappa shape index (κ3) is 5.79. The van der Waals surface area contributed by atoms with Crippen LogP contribution in [0.5, 0.6) is 0 Å². The Labute approximate surface area is 187 Å². The third-order valence-electron chi connectivity index (χ3n) is 5.51. The third-order valence-corrected chi connectivity index (χ3v) is 7.95. The number of benzene rings is 1. The molecule has 1 unspecified atom stereocenters. The lowest BCUT2D eigenvalue weighted by molar-refractivity contribution is -0.121. The summed E-state index contributed by atoms with van der Waals surface area (Å²) in [5, 5.41) is 12.6. The van der Waals surface area contributed by atoms with Crippen molar-refractivity contribution in [1.29, 1.82) is 5.26 Å². The van der Waals surface area contributed by atoms with Crippen LogP contribution >= 0.6 is 11.8 Å². The van der Waals surface area contributed by atoms with E-state index in [4.69, 9.17) is 0 Å². The number of carbonyl (C=O) groups is 1. The number of unbranched alkanes of at least 4 members (excludes halogenated alkanes) is 1. The molecule has 3 N–H and O–H groups in total. The van der Waals surface area contributed by atoms with Gasteiger partial charge >= 0.3 is 0 Å². The van der Waals surface area contributed by atoms with Gasteiger partial charge in [0.25, 0.3) is 0 Å². The number of nitriles is 1. The molecule has 3 rings (SSSR count). The number of nitrogens with one attached hydrogen (secondary N) is 3. The fraction of sp³-hybridized carbons (Fsp3) is 0.571. The second-order valence-corrected chi connectivity index (χ2v) is 11.1. The number of hydrogen-bond donors (Lipinski definition) is 3. The van der Waals surface area contributed by atoms with Crippen molar-refractivity contribution in [1.82, 2.24) is 20.0 Å². The molecule has 1 amide bonds. The van der Waals surface area contributed by atoms with Crippen molar-refractivity contribution in [2.75, 3.05) is 6.54 Å². The van der Waals surface area contributed by atoms with Gasteiger partial charge in [0.2, 0.25) is 15.9 Å². The zero-order valence-electron chi connectivity index (χ0n) is 17.9. The molecule has 0 aliphatic heterocycles. The van der Waals surface area contributed by atoms with Crippen LogP contribution in [0.1, 0.15) is 58.8 Å². The number of aromatic amines is 1. The molecule has 1 aromatic heterocycles. The van der Waals surface area contributed by atoms with E-state index in [1.54, 1.807) is 19.1 Å². The van der Waals surface area contributed by atoms with Gasteiger partial charge in [0.1, 0.15) is 5.54 Å². The maximum atomic E-state index is 12.7. The maximum absolute atomic E-state index is 12.7. The second kappa shape index (κ2) is 10.0. The molecule has 1 aliphatic carbocycles. The molecule has 0 radical (unpaired) electrons. The van der Waals surface area contributed by atoms with E-state index in [-0.39, 0.29) is 10.8 Å². The minimum absolute atomic E-state index is 0.176. The smallest absolute Gasteiger partial charge is 0.240 e. The number of hydrogen-bond acceptors (Lipinski definition) is 6. The first-order chi connectivity index (χ1) is 14.8. The number of thioether (sulfide) groups is 1. The van der Waals surface area contributed by atoms with Crippen LogP contribution in [0.4, 0.5) is 0 Å². The van der Waals surface area contributed by atoms with Crippen LogP contribution in [0.15, 0.2) is 28.3 Å². The van der Waals surface area contributed by atoms with Gasteiger partial charge in [0.15, 0.2) is 5.16 Å². The van der Waals surface area contributed by atoms with Crippen LogP contribution in [-0.4, -0.2) is 41.6 Å². The highest BCUT2D eigenvalue weighted by atomic mass is 32.2. The van der Waals surface area contributed by atoms with Crippen molar-refractivity contribution in [2.24, 2.45) is 0 Å². The number of aromatic nitrogens is 2. The molecule has 1 atom stereocenters. The van der Waals surface area contributed by atoms with Gasteiger partial charge in [-0.05, 0) is 44.4 Å². The molecular weight excluding hydrogens is 434 g/mol. The Morgan fingerprint density at radius 3 is 2.77 bits per heavy atom. The van der Waals surface area contributed by atoms with Gasteiger partial charge < -0.3 is 10.3 Å². The van der Waals surface area contributed by atoms with Crippen LogP contribution in [0.2, 0.25) is 0 Å². The summed E-state index contributed by atoms with van der Waals surface area (Å²) in [7, 11) is -3.58. The molecule has 168 valence electrons. The summed E-state index contributed by atoms with van der Waals surface area (Å²) in [6.45, 7) is 4.17. The van der Waals surface area contributed by atoms with Crippen LogP contribution in [-0.2, 0) is 14.8 Å². The lowest BCUT2D eigenvalue weighted by Gasteiger charge is -2.32. The lowest BCUT2D eigenvalue weighted by Crippen LogP contribution is -2.50. The van der Waals surface area contributed by atoms with E-state index in [0.29, 0.717) is 35.6 Å². The Kier molecular flexibility index (Phi) is 7.62. The molecule has 1 aliphatic rings. The molecule has 0 bridgehead atoms. The van der Waals surface area contributed by atoms with Gasteiger partial charge in [-0.1, -0.05) is 44.4 Å². The van der Waals surface area contributed by atoms with Gasteiger partial charge in [0, 0.05) is 6.54 Å². The molecule has 8 nitrogen and oxygen atoms in total. The van der Waals surface area contributed by atoms with Crippen LogP contribution in [0.3, 0.4) is 0 Å². The molecule has 1 heterocycles. The number of amides is 1. The molecule has 1 fully saturated rings. The Bertz CT molecular complexity index is 1070. The van der Waals surface area contributed by atoms with E-state index in [2.05, 4.69) is 26.1 Å². The number of carbonyl (C=O) groups excluding carboxylic acids is 1. The molecule has 0 saturated heterocycles. The Hall–Kier alpha value is -2.09. The van der Waals surface area contributed by atoms with Gasteiger partial charge in [-0.3, -0.25) is 4.79 Å². The van der Waals surface area contributed by atoms with E-state index >= 15 is 0 Å². The lowest BCUT2D eigenvalue weighted by atomic mass is 9.83. The highest BCUT2D eigenvalue weighted by molar-refractivity contribution is 8.00. The van der Waals surface area contributed by atoms with Gasteiger partial charge in [-0.15, -0.1) is 0 Å². The summed E-state index contributed by atoms with van der Waals surface area (Å²) in [5.41, 5.74) is 0.448. The highest BCUT2D eigenvalue weighted by Crippen LogP contribution is 2.29. The largest absolute Gasteiger partial charge is 0.337 e. The fourth-order valence-electron chi connectivity index (χ4n) is 3.63. The number of H-pyrrole nitrogens is 1. The van der Waals surface area contributed by atoms with Gasteiger partial charge in [0.05, 0.1) is 27.2 Å². The molecule has 1 aromatic carbocycles. The van der Waals surface area contributed by atoms with Crippen LogP contribution in [0.25, 0.3) is 11.0 Å². The average molecular weight is 464 g/mol. The number of fused-ring (bicyclic) bond motifs is 1. The SMILES string of the molecule is CCCCNS(=O)(=O)c1ccc2nc(SC(C)C(=O)NC3(C#N)CCCCC3)[nH]c2c1. The highest BCUT2D eigenvalue weighted by Gasteiger charge is 2.35. The molecule has 10 heteroatoms. The van der Waals surface area contributed by atoms with Crippen molar-refractivity contribution in [2.45, 2.75) is 79.6 Å². The average Bonchev–Trinajstić information content (AvgIpc) is 3.16. The standard InChI is InChI=1S/C21H29N5O3S2/c1-3-4-12-23-31(28,29)16-8-9-17-18(13-16)25-20(24-17)30-15(2)19(27)26-21(14-22)10-6-5-7-11-21/h8-9,13,15,23H,3-7,10-12H2,1-2H3,(H,24,25)(H,26,27). The fourth-order valence-corrected chi connectivity index (χ4v) is 5.55. The summed E-state index contributed by atoms with van der Waals surface area (Å²) in [6.07, 6.45) is 6.02. The first-order valence-electron chi connectivity index (χ1n) is 10.7. The van der Waals surface area contributed by atoms with Gasteiger partial charge in [-0.25, -0.2) is 18.1 Å². The normalized spacial score (nSPS) is 17.2. The summed E-state index contributed by atoms with van der Waals surface area (Å²) in [6, 6.07) is 7.04. The summed E-state index contributed by atoms with van der Waals surface area (Å²) < 4.78 is 27.5. The molecule has 31 heavy (non-hydrogen) atoms. The molecule has 0 spiro atoms. The molecule has 2 aromatic rings. The predicted molar refractivity (Wildman–Crippen MR) is 121 cm³/mol. The summed E-state index contributed by atoms with van der Waals surface area (Å²) in [5.74, 6) is -0.197. The van der Waals surface area contributed by atoms with Crippen LogP contribution in [0, 0.1) is 11.3 Å². The Balaban J connectivity index is 1.69. The Morgan fingerprint density at radius 2 is 2.10 bits per heavy atom. The topological polar surface area (TPSA) is 128 Å². The van der Waals surface area contributed by atoms with E-state index in [0.717, 1.165) is 32.1 Å². The van der Waals surface area contributed by atoms with E-state index in [1.165, 1.54) is 17.8 Å². The maximum Gasteiger partial charge on any atom is 0.240 e. The van der Waals surface area contributed by atoms with Crippen molar-refractivity contribution in [3.63, 3.8) is 0 Å². The summed E-state index contributed by atoms with van der Waals surface area (Å²) >= 11 is 1.25. The minimum Gasteiger partial charge on any atom is -0.337 e. The minimum atomic E-state index is -3.58. The van der Waals surface area contributed by atoms with Crippen molar-refractivity contribution < 1.29 is 13.2 Å². The van der Waals surface area contributed by atoms with Gasteiger partial charge in [-0.2, -0.15) is 5.26 Å². The van der Waals surface area contributed by atoms with Crippen molar-refractivity contribution in [3.05, 3.63) is 18.2 Å². The van der Waals surface area contributed by atoms with Crippen LogP contribution < -0.4 is 10.0 Å². The number of imidazole rings is 1. The van der Waals surface area contributed by atoms with E-state index < -0.39 is 20.8 Å². The predicted octanol–water partition coefficient (Wildman–Crippen LogP) is 3.46. The quantitative estimate of drug-likeness (QED) is 0.386. The van der Waals surface area contributed by atoms with E-state index in [9.17, 15) is 18.5 Å². The molecular formula is C21H29N5O3S2. The zero-order valence-corrected chi connectivity index (χ0v) is 19.5. The summed E-state index contributed by atoms with van der Waals surface area (Å²) in [4.78, 5) is 20.4. The first-order valence-corrected chi connectivity index (χ1v) is 13.0. The van der Waals surface area contributed by atoms with Crippen molar-refractivity contribution in [3.8, 4) is 6.07 Å². The van der Waals surface area contributed by atoms with E-state index in [1.807, 2.05) is 6.92 Å². The second-order valence-electron chi connectivity index (χ2n) is 7.98. The zero-order chi connectivity index (χ0) is 22.5. The van der Waals surface area contributed by atoms with Crippen molar-refractivity contribution >= 4 is 38.7 Å². The first kappa shape index (κ1) is 23.6.